The van der Waals surface area contributed by atoms with Crippen molar-refractivity contribution in [1.82, 2.24) is 5.32 Å². The molecule has 2 aromatic rings. The highest BCUT2D eigenvalue weighted by Crippen LogP contribution is 2.18. The molecule has 2 aromatic carbocycles. The summed E-state index contributed by atoms with van der Waals surface area (Å²) in [6.45, 7) is 1.04. The molecule has 0 bridgehead atoms. The zero-order chi connectivity index (χ0) is 15.2. The van der Waals surface area contributed by atoms with E-state index in [1.165, 1.54) is 23.8 Å². The third-order valence-corrected chi connectivity index (χ3v) is 3.74. The molecular formula is C16H16BrFN2O. The van der Waals surface area contributed by atoms with Crippen LogP contribution >= 0.6 is 15.9 Å². The van der Waals surface area contributed by atoms with Gasteiger partial charge in [-0.15, -0.1) is 0 Å². The Morgan fingerprint density at radius 2 is 1.81 bits per heavy atom. The van der Waals surface area contributed by atoms with E-state index in [1.807, 2.05) is 24.3 Å². The molecule has 0 unspecified atom stereocenters. The molecule has 0 heterocycles. The first-order valence-corrected chi connectivity index (χ1v) is 7.40. The minimum atomic E-state index is -0.381. The largest absolute Gasteiger partial charge is 0.348 e. The summed E-state index contributed by atoms with van der Waals surface area (Å²) < 4.78 is 13.4. The van der Waals surface area contributed by atoms with E-state index in [0.717, 1.165) is 12.0 Å². The number of amides is 1. The summed E-state index contributed by atoms with van der Waals surface area (Å²) >= 11 is 3.19. The smallest absolute Gasteiger partial charge is 0.252 e. The number of carbonyl (C=O) groups is 1. The quantitative estimate of drug-likeness (QED) is 0.870. The fourth-order valence-corrected chi connectivity index (χ4v) is 2.47. The molecule has 0 saturated heterocycles. The molecule has 0 aliphatic carbocycles. The maximum Gasteiger partial charge on any atom is 0.252 e. The fourth-order valence-electron chi connectivity index (χ4n) is 1.94. The lowest BCUT2D eigenvalue weighted by Gasteiger charge is -2.08. The first-order chi connectivity index (χ1) is 10.1. The minimum absolute atomic E-state index is 0.243. The molecule has 0 spiro atoms. The third-order valence-electron chi connectivity index (χ3n) is 3.08. The van der Waals surface area contributed by atoms with Crippen LogP contribution in [0.15, 0.2) is 46.9 Å². The van der Waals surface area contributed by atoms with Gasteiger partial charge >= 0.3 is 0 Å². The van der Waals surface area contributed by atoms with Crippen molar-refractivity contribution < 1.29 is 9.18 Å². The summed E-state index contributed by atoms with van der Waals surface area (Å²) in [7, 11) is 0. The summed E-state index contributed by atoms with van der Waals surface area (Å²) in [5, 5.41) is 2.81. The summed E-state index contributed by atoms with van der Waals surface area (Å²) in [5.41, 5.74) is 8.09. The highest BCUT2D eigenvalue weighted by molar-refractivity contribution is 9.10. The Kier molecular flexibility index (Phi) is 5.47. The van der Waals surface area contributed by atoms with E-state index in [9.17, 15) is 9.18 Å². The van der Waals surface area contributed by atoms with Gasteiger partial charge < -0.3 is 11.1 Å². The van der Waals surface area contributed by atoms with Gasteiger partial charge in [0, 0.05) is 11.0 Å². The predicted octanol–water partition coefficient (Wildman–Crippen LogP) is 3.02. The zero-order valence-corrected chi connectivity index (χ0v) is 13.0. The molecule has 0 aliphatic rings. The Hall–Kier alpha value is -1.72. The van der Waals surface area contributed by atoms with Gasteiger partial charge in [-0.3, -0.25) is 4.79 Å². The number of rotatable bonds is 5. The van der Waals surface area contributed by atoms with Crippen LogP contribution in [0.5, 0.6) is 0 Å². The summed E-state index contributed by atoms with van der Waals surface area (Å²) in [5.74, 6) is -0.623. The predicted molar refractivity (Wildman–Crippen MR) is 84.5 cm³/mol. The average molecular weight is 351 g/mol. The minimum Gasteiger partial charge on any atom is -0.348 e. The highest BCUT2D eigenvalue weighted by Gasteiger charge is 2.10. The molecule has 0 atom stereocenters. The van der Waals surface area contributed by atoms with E-state index >= 15 is 0 Å². The number of hydrogen-bond acceptors (Lipinski definition) is 2. The number of carbonyl (C=O) groups excluding carboxylic acids is 1. The van der Waals surface area contributed by atoms with Gasteiger partial charge in [0.1, 0.15) is 5.82 Å². The molecule has 110 valence electrons. The van der Waals surface area contributed by atoms with Gasteiger partial charge in [-0.2, -0.15) is 0 Å². The second-order valence-corrected chi connectivity index (χ2v) is 5.52. The maximum absolute atomic E-state index is 13.0. The van der Waals surface area contributed by atoms with Crippen molar-refractivity contribution in [2.75, 3.05) is 6.54 Å². The molecular weight excluding hydrogens is 335 g/mol. The fraction of sp³-hybridized carbons (Fsp3) is 0.188. The van der Waals surface area contributed by atoms with E-state index in [2.05, 4.69) is 21.2 Å². The molecule has 0 fully saturated rings. The Balaban J connectivity index is 1.97. The second kappa shape index (κ2) is 7.33. The highest BCUT2D eigenvalue weighted by atomic mass is 79.9. The van der Waals surface area contributed by atoms with Gasteiger partial charge in [0.05, 0.1) is 5.56 Å². The third kappa shape index (κ3) is 4.37. The molecule has 3 N–H and O–H groups in total. The lowest BCUT2D eigenvalue weighted by molar-refractivity contribution is 0.0950. The van der Waals surface area contributed by atoms with Crippen molar-refractivity contribution in [3.05, 3.63) is 69.4 Å². The summed E-state index contributed by atoms with van der Waals surface area (Å²) in [6, 6.07) is 11.9. The van der Waals surface area contributed by atoms with Crippen LogP contribution < -0.4 is 11.1 Å². The molecule has 5 heteroatoms. The van der Waals surface area contributed by atoms with E-state index in [0.29, 0.717) is 23.1 Å². The normalized spacial score (nSPS) is 10.4. The van der Waals surface area contributed by atoms with E-state index < -0.39 is 0 Å². The van der Waals surface area contributed by atoms with Crippen LogP contribution in [0.1, 0.15) is 21.5 Å². The summed E-state index contributed by atoms with van der Waals surface area (Å²) in [4.78, 5) is 12.0. The number of hydrogen-bond donors (Lipinski definition) is 2. The summed E-state index contributed by atoms with van der Waals surface area (Å²) in [6.07, 6.45) is 0.842. The van der Waals surface area contributed by atoms with Gasteiger partial charge in [-0.25, -0.2) is 4.39 Å². The molecule has 2 rings (SSSR count). The van der Waals surface area contributed by atoms with Gasteiger partial charge in [-0.05, 0) is 58.2 Å². The first kappa shape index (κ1) is 15.7. The van der Waals surface area contributed by atoms with Crippen molar-refractivity contribution in [2.45, 2.75) is 13.0 Å². The Morgan fingerprint density at radius 3 is 2.43 bits per heavy atom. The molecule has 0 aliphatic heterocycles. The lowest BCUT2D eigenvalue weighted by atomic mass is 10.1. The van der Waals surface area contributed by atoms with E-state index in [-0.39, 0.29) is 11.7 Å². The number of nitrogens with two attached hydrogens (primary N) is 1. The zero-order valence-electron chi connectivity index (χ0n) is 11.4. The van der Waals surface area contributed by atoms with Gasteiger partial charge in [0.2, 0.25) is 0 Å². The van der Waals surface area contributed by atoms with Crippen LogP contribution in [-0.2, 0) is 13.0 Å². The van der Waals surface area contributed by atoms with Crippen LogP contribution in [0.25, 0.3) is 0 Å². The van der Waals surface area contributed by atoms with Crippen molar-refractivity contribution in [2.24, 2.45) is 5.73 Å². The van der Waals surface area contributed by atoms with Crippen molar-refractivity contribution in [3.63, 3.8) is 0 Å². The molecule has 3 nitrogen and oxygen atoms in total. The Labute approximate surface area is 131 Å². The monoisotopic (exact) mass is 350 g/mol. The van der Waals surface area contributed by atoms with Crippen LogP contribution in [0.4, 0.5) is 4.39 Å². The average Bonchev–Trinajstić information content (AvgIpc) is 2.46. The molecule has 0 saturated carbocycles. The van der Waals surface area contributed by atoms with Crippen LogP contribution in [0.2, 0.25) is 0 Å². The molecule has 21 heavy (non-hydrogen) atoms. The van der Waals surface area contributed by atoms with E-state index in [1.54, 1.807) is 0 Å². The van der Waals surface area contributed by atoms with Gasteiger partial charge in [0.15, 0.2) is 0 Å². The number of nitrogens with one attached hydrogen (secondary N) is 1. The maximum atomic E-state index is 13.0. The molecule has 0 aromatic heterocycles. The van der Waals surface area contributed by atoms with Crippen LogP contribution in [0.3, 0.4) is 0 Å². The van der Waals surface area contributed by atoms with Gasteiger partial charge in [-0.1, -0.05) is 24.3 Å². The number of halogens is 2. The van der Waals surface area contributed by atoms with E-state index in [4.69, 9.17) is 5.73 Å². The van der Waals surface area contributed by atoms with Crippen LogP contribution in [0, 0.1) is 5.82 Å². The SMILES string of the molecule is NCCc1ccc(CNC(=O)c2ccc(F)cc2Br)cc1. The van der Waals surface area contributed by atoms with Crippen LogP contribution in [-0.4, -0.2) is 12.5 Å². The number of benzene rings is 2. The molecule has 1 amide bonds. The van der Waals surface area contributed by atoms with Crippen molar-refractivity contribution in [3.8, 4) is 0 Å². The topological polar surface area (TPSA) is 55.1 Å². The standard InChI is InChI=1S/C16H16BrFN2O/c17-15-9-13(18)5-6-14(15)16(21)20-10-12-3-1-11(2-4-12)7-8-19/h1-6,9H,7-8,10,19H2,(H,20,21). The van der Waals surface area contributed by atoms with Crippen molar-refractivity contribution in [1.29, 1.82) is 0 Å². The van der Waals surface area contributed by atoms with Crippen molar-refractivity contribution >= 4 is 21.8 Å². The lowest BCUT2D eigenvalue weighted by Crippen LogP contribution is -2.23. The Morgan fingerprint density at radius 1 is 1.14 bits per heavy atom. The first-order valence-electron chi connectivity index (χ1n) is 6.61. The van der Waals surface area contributed by atoms with Gasteiger partial charge in [0.25, 0.3) is 5.91 Å². The Bertz CT molecular complexity index is 629. The molecule has 0 radical (unpaired) electrons. The second-order valence-electron chi connectivity index (χ2n) is 4.66.